The lowest BCUT2D eigenvalue weighted by atomic mass is 9.80. The fraction of sp³-hybridized carbons (Fsp3) is 0.543. The van der Waals surface area contributed by atoms with Gasteiger partial charge in [0, 0.05) is 76.2 Å². The van der Waals surface area contributed by atoms with Gasteiger partial charge in [-0.3, -0.25) is 19.3 Å². The summed E-state index contributed by atoms with van der Waals surface area (Å²) in [5, 5.41) is 5.52. The number of likely N-dealkylation sites (tertiary alicyclic amines) is 2. The number of Topliss-reactive ketones (excluding diaryl/α,β-unsaturated/α-hetero) is 1. The molecule has 0 bridgehead atoms. The lowest BCUT2D eigenvalue weighted by Crippen LogP contribution is -2.55. The first kappa shape index (κ1) is 41.4. The first-order valence-electron chi connectivity index (χ1n) is 21.1. The standard InChI is InChI=1S/C46H60N6O6/c1-6-15-46(3,4)58-45(56)57-31-52-30-38-26-33(24-32(2)43(38)47-52)25-37(44(55)51-22-20-49(21-23-51)39-13-16-48(5)17-14-39)29-42(54)50-18-11-34(12-19-50)40-27-35-9-7-8-10-36(35)28-41(40)53/h6-10,24,26-27,30,34,37,39H,1,11-23,25,28-29,31H2,2-5H3/t37-/m0/s1. The number of ether oxygens (including phenoxy) is 2. The Bertz CT molecular complexity index is 2030. The maximum Gasteiger partial charge on any atom is 0.510 e. The Morgan fingerprint density at radius 3 is 2.41 bits per heavy atom. The van der Waals surface area contributed by atoms with E-state index < -0.39 is 17.7 Å². The highest BCUT2D eigenvalue weighted by molar-refractivity contribution is 6.04. The van der Waals surface area contributed by atoms with Crippen LogP contribution in [0.5, 0.6) is 0 Å². The number of carbonyl (C=O) groups is 4. The number of allylic oxidation sites excluding steroid dienone is 1. The van der Waals surface area contributed by atoms with E-state index in [1.54, 1.807) is 24.6 Å². The molecule has 7 rings (SSSR count). The van der Waals surface area contributed by atoms with Crippen molar-refractivity contribution < 1.29 is 28.7 Å². The van der Waals surface area contributed by atoms with Crippen molar-refractivity contribution in [1.82, 2.24) is 29.4 Å². The molecular formula is C46H60N6O6. The van der Waals surface area contributed by atoms with Crippen molar-refractivity contribution in [2.24, 2.45) is 11.8 Å². The Hall–Kier alpha value is -4.81. The van der Waals surface area contributed by atoms with Gasteiger partial charge in [-0.1, -0.05) is 36.4 Å². The molecule has 3 saturated heterocycles. The fourth-order valence-corrected chi connectivity index (χ4v) is 9.33. The molecule has 0 radical (unpaired) electrons. The topological polar surface area (TPSA) is 118 Å². The van der Waals surface area contributed by atoms with E-state index in [-0.39, 0.29) is 36.7 Å². The van der Waals surface area contributed by atoms with Crippen molar-refractivity contribution in [3.8, 4) is 0 Å². The second kappa shape index (κ2) is 18.0. The van der Waals surface area contributed by atoms with Crippen molar-refractivity contribution in [3.05, 3.63) is 83.1 Å². The van der Waals surface area contributed by atoms with Gasteiger partial charge in [0.05, 0.1) is 11.4 Å². The summed E-state index contributed by atoms with van der Waals surface area (Å²) in [5.74, 6) is -0.201. The van der Waals surface area contributed by atoms with Gasteiger partial charge in [-0.15, -0.1) is 6.58 Å². The molecule has 0 saturated carbocycles. The van der Waals surface area contributed by atoms with Crippen LogP contribution in [-0.2, 0) is 43.4 Å². The zero-order valence-corrected chi connectivity index (χ0v) is 34.8. The van der Waals surface area contributed by atoms with E-state index in [9.17, 15) is 19.2 Å². The monoisotopic (exact) mass is 792 g/mol. The normalized spacial score (nSPS) is 19.4. The number of piperazine rings is 1. The molecule has 3 fully saturated rings. The van der Waals surface area contributed by atoms with Gasteiger partial charge in [0.1, 0.15) is 5.60 Å². The van der Waals surface area contributed by atoms with Gasteiger partial charge in [-0.2, -0.15) is 5.10 Å². The van der Waals surface area contributed by atoms with E-state index in [0.717, 1.165) is 90.6 Å². The summed E-state index contributed by atoms with van der Waals surface area (Å²) in [5.41, 5.74) is 4.99. The van der Waals surface area contributed by atoms with Crippen LogP contribution in [0.15, 0.2) is 60.8 Å². The molecule has 12 nitrogen and oxygen atoms in total. The number of nitrogens with zero attached hydrogens (tertiary/aromatic N) is 6. The average Bonchev–Trinajstić information content (AvgIpc) is 3.63. The van der Waals surface area contributed by atoms with E-state index in [2.05, 4.69) is 40.7 Å². The minimum absolute atomic E-state index is 0.0121. The minimum atomic E-state index is -0.781. The summed E-state index contributed by atoms with van der Waals surface area (Å²) in [7, 11) is 2.18. The summed E-state index contributed by atoms with van der Waals surface area (Å²) >= 11 is 0. The van der Waals surface area contributed by atoms with Crippen LogP contribution in [0.4, 0.5) is 4.79 Å². The van der Waals surface area contributed by atoms with Crippen LogP contribution in [-0.4, -0.2) is 124 Å². The third-order valence-electron chi connectivity index (χ3n) is 12.6. The van der Waals surface area contributed by atoms with Crippen LogP contribution in [0.1, 0.15) is 74.6 Å². The number of carbonyl (C=O) groups excluding carboxylic acids is 4. The smallest absolute Gasteiger partial charge is 0.428 e. The van der Waals surface area contributed by atoms with Crippen LogP contribution < -0.4 is 0 Å². The Balaban J connectivity index is 1.03. The molecule has 1 aliphatic carbocycles. The minimum Gasteiger partial charge on any atom is -0.428 e. The van der Waals surface area contributed by atoms with Gasteiger partial charge >= 0.3 is 6.16 Å². The second-order valence-electron chi connectivity index (χ2n) is 17.5. The third-order valence-corrected chi connectivity index (χ3v) is 12.6. The number of aromatic nitrogens is 2. The molecule has 4 heterocycles. The number of hydrogen-bond acceptors (Lipinski definition) is 9. The van der Waals surface area contributed by atoms with Crippen molar-refractivity contribution in [2.45, 2.75) is 90.5 Å². The van der Waals surface area contributed by atoms with Crippen molar-refractivity contribution in [3.63, 3.8) is 0 Å². The molecule has 2 amide bonds. The Morgan fingerprint density at radius 1 is 0.966 bits per heavy atom. The molecule has 58 heavy (non-hydrogen) atoms. The predicted molar refractivity (Wildman–Crippen MR) is 224 cm³/mol. The highest BCUT2D eigenvalue weighted by atomic mass is 16.7. The molecule has 3 aromatic rings. The number of hydrogen-bond donors (Lipinski definition) is 0. The Morgan fingerprint density at radius 2 is 1.69 bits per heavy atom. The van der Waals surface area contributed by atoms with E-state index in [0.29, 0.717) is 51.5 Å². The molecule has 3 aliphatic heterocycles. The SMILES string of the molecule is C=CCC(C)(C)OC(=O)OCn1cc2cc(C[C@@H](CC(=O)N3CCC(C4=Cc5ccccc5CC4=O)CC3)C(=O)N3CCN(C4CCN(C)CC4)CC3)cc(C)c2n1. The zero-order chi connectivity index (χ0) is 41.0. The lowest BCUT2D eigenvalue weighted by molar-refractivity contribution is -0.143. The van der Waals surface area contributed by atoms with Gasteiger partial charge in [-0.25, -0.2) is 9.48 Å². The molecule has 1 aromatic heterocycles. The van der Waals surface area contributed by atoms with Gasteiger partial charge in [0.2, 0.25) is 11.8 Å². The quantitative estimate of drug-likeness (QED) is 0.160. The van der Waals surface area contributed by atoms with E-state index in [1.165, 1.54) is 0 Å². The van der Waals surface area contributed by atoms with E-state index in [1.807, 2.05) is 53.3 Å². The maximum absolute atomic E-state index is 14.5. The zero-order valence-electron chi connectivity index (χ0n) is 34.8. The molecule has 2 aromatic carbocycles. The molecule has 1 atom stereocenters. The van der Waals surface area contributed by atoms with Crippen molar-refractivity contribution in [1.29, 1.82) is 0 Å². The van der Waals surface area contributed by atoms with Crippen LogP contribution in [0.3, 0.4) is 0 Å². The van der Waals surface area contributed by atoms with Gasteiger partial charge in [0.15, 0.2) is 12.5 Å². The summed E-state index contributed by atoms with van der Waals surface area (Å²) in [4.78, 5) is 63.0. The fourth-order valence-electron chi connectivity index (χ4n) is 9.33. The molecule has 0 N–H and O–H groups in total. The number of ketones is 1. The molecular weight excluding hydrogens is 733 g/mol. The number of fused-ring (bicyclic) bond motifs is 2. The molecule has 0 unspecified atom stereocenters. The number of rotatable bonds is 12. The van der Waals surface area contributed by atoms with E-state index in [4.69, 9.17) is 9.47 Å². The first-order valence-corrected chi connectivity index (χ1v) is 21.1. The second-order valence-corrected chi connectivity index (χ2v) is 17.5. The predicted octanol–water partition coefficient (Wildman–Crippen LogP) is 6.04. The molecule has 12 heteroatoms. The average molecular weight is 793 g/mol. The van der Waals surface area contributed by atoms with E-state index >= 15 is 0 Å². The van der Waals surface area contributed by atoms with Gasteiger partial charge < -0.3 is 24.2 Å². The number of aryl methyl sites for hydroxylation is 1. The Labute approximate surface area is 342 Å². The Kier molecular flexibility index (Phi) is 12.8. The molecule has 4 aliphatic rings. The number of benzene rings is 2. The molecule has 310 valence electrons. The van der Waals surface area contributed by atoms with Crippen LogP contribution in [0, 0.1) is 18.8 Å². The summed E-state index contributed by atoms with van der Waals surface area (Å²) < 4.78 is 12.4. The van der Waals surface area contributed by atoms with Crippen molar-refractivity contribution in [2.75, 3.05) is 59.4 Å². The van der Waals surface area contributed by atoms with Crippen LogP contribution in [0.2, 0.25) is 0 Å². The summed E-state index contributed by atoms with van der Waals surface area (Å²) in [6.45, 7) is 15.5. The van der Waals surface area contributed by atoms with Crippen molar-refractivity contribution >= 4 is 40.7 Å². The van der Waals surface area contributed by atoms with Gasteiger partial charge in [0.25, 0.3) is 0 Å². The van der Waals surface area contributed by atoms with Crippen LogP contribution >= 0.6 is 0 Å². The summed E-state index contributed by atoms with van der Waals surface area (Å²) in [6, 6.07) is 12.7. The highest BCUT2D eigenvalue weighted by Crippen LogP contribution is 2.33. The van der Waals surface area contributed by atoms with Crippen LogP contribution in [0.25, 0.3) is 17.0 Å². The lowest BCUT2D eigenvalue weighted by Gasteiger charge is -2.43. The number of amides is 2. The largest absolute Gasteiger partial charge is 0.510 e. The third kappa shape index (κ3) is 9.89. The number of piperidine rings is 2. The first-order chi connectivity index (χ1) is 27.9. The van der Waals surface area contributed by atoms with Gasteiger partial charge in [-0.05, 0) is 119 Å². The maximum atomic E-state index is 14.5. The highest BCUT2D eigenvalue weighted by Gasteiger charge is 2.35. The molecule has 0 spiro atoms. The summed E-state index contributed by atoms with van der Waals surface area (Å²) in [6.07, 6.45) is 10.0.